The van der Waals surface area contributed by atoms with Crippen molar-refractivity contribution in [2.45, 2.75) is 25.8 Å². The zero-order chi connectivity index (χ0) is 24.2. The second kappa shape index (κ2) is 10.8. The maximum absolute atomic E-state index is 12.7. The molecule has 0 unspecified atom stereocenters. The molecule has 2 aliphatic heterocycles. The van der Waals surface area contributed by atoms with Gasteiger partial charge in [0.25, 0.3) is 0 Å². The van der Waals surface area contributed by atoms with Crippen LogP contribution in [0.2, 0.25) is 5.02 Å². The summed E-state index contributed by atoms with van der Waals surface area (Å²) in [7, 11) is 4.26. The lowest BCUT2D eigenvalue weighted by atomic mass is 9.95. The predicted octanol–water partition coefficient (Wildman–Crippen LogP) is 3.07. The highest BCUT2D eigenvalue weighted by molar-refractivity contribution is 6.40. The summed E-state index contributed by atoms with van der Waals surface area (Å²) in [5.74, 6) is -1.33. The van der Waals surface area contributed by atoms with Crippen molar-refractivity contribution in [1.82, 2.24) is 15.1 Å². The van der Waals surface area contributed by atoms with Gasteiger partial charge in [-0.05, 0) is 61.7 Å². The first-order chi connectivity index (χ1) is 16.3. The fraction of sp³-hybridized carbons (Fsp3) is 0.462. The molecular formula is C26H34ClN5O2. The molecule has 2 N–H and O–H groups in total. The average Bonchev–Trinajstić information content (AvgIpc) is 2.82. The Morgan fingerprint density at radius 3 is 2.53 bits per heavy atom. The molecule has 0 spiro atoms. The molecule has 2 aromatic rings. The molecule has 2 amide bonds. The highest BCUT2D eigenvalue weighted by atomic mass is 35.5. The van der Waals surface area contributed by atoms with Crippen molar-refractivity contribution in [2.24, 2.45) is 0 Å². The number of carbonyl (C=O) groups excluding carboxylic acids is 2. The molecule has 4 rings (SSSR count). The number of nitrogens with one attached hydrogen (secondary N) is 2. The molecule has 34 heavy (non-hydrogen) atoms. The predicted molar refractivity (Wildman–Crippen MR) is 138 cm³/mol. The Hall–Kier alpha value is -2.61. The third-order valence-electron chi connectivity index (χ3n) is 6.93. The SMILES string of the molecule is Cc1ccc(Cl)cc1NC(=O)C(=O)NC[C@@H](c1ccc2c(c1)CCCN2C)N1CCN(C)CC1. The first kappa shape index (κ1) is 24.5. The number of piperazine rings is 1. The van der Waals surface area contributed by atoms with Gasteiger partial charge >= 0.3 is 11.8 Å². The van der Waals surface area contributed by atoms with Gasteiger partial charge in [0.15, 0.2) is 0 Å². The molecule has 1 fully saturated rings. The van der Waals surface area contributed by atoms with E-state index in [1.54, 1.807) is 12.1 Å². The minimum atomic E-state index is -0.686. The zero-order valence-corrected chi connectivity index (χ0v) is 21.0. The zero-order valence-electron chi connectivity index (χ0n) is 20.2. The van der Waals surface area contributed by atoms with Crippen LogP contribution in [0, 0.1) is 6.92 Å². The monoisotopic (exact) mass is 483 g/mol. The summed E-state index contributed by atoms with van der Waals surface area (Å²) in [6.45, 7) is 7.11. The van der Waals surface area contributed by atoms with E-state index in [0.29, 0.717) is 17.3 Å². The van der Waals surface area contributed by atoms with E-state index in [0.717, 1.165) is 51.1 Å². The van der Waals surface area contributed by atoms with Crippen LogP contribution >= 0.6 is 11.6 Å². The van der Waals surface area contributed by atoms with Crippen LogP contribution in [-0.4, -0.2) is 75.0 Å². The van der Waals surface area contributed by atoms with E-state index < -0.39 is 11.8 Å². The number of fused-ring (bicyclic) bond motifs is 1. The average molecular weight is 484 g/mol. The lowest BCUT2D eigenvalue weighted by Crippen LogP contribution is -2.49. The van der Waals surface area contributed by atoms with Gasteiger partial charge in [0, 0.05) is 62.7 Å². The number of hydrogen-bond acceptors (Lipinski definition) is 5. The van der Waals surface area contributed by atoms with Crippen LogP contribution in [0.3, 0.4) is 0 Å². The van der Waals surface area contributed by atoms with E-state index in [1.807, 2.05) is 13.0 Å². The third-order valence-corrected chi connectivity index (χ3v) is 7.16. The molecule has 182 valence electrons. The Balaban J connectivity index is 1.48. The minimum Gasteiger partial charge on any atom is -0.374 e. The van der Waals surface area contributed by atoms with E-state index >= 15 is 0 Å². The molecule has 2 aliphatic rings. The molecule has 0 bridgehead atoms. The Morgan fingerprint density at radius 2 is 1.76 bits per heavy atom. The van der Waals surface area contributed by atoms with Gasteiger partial charge in [-0.3, -0.25) is 14.5 Å². The van der Waals surface area contributed by atoms with Crippen LogP contribution in [0.5, 0.6) is 0 Å². The molecule has 0 aromatic heterocycles. The summed E-state index contributed by atoms with van der Waals surface area (Å²) >= 11 is 6.04. The maximum Gasteiger partial charge on any atom is 0.313 e. The van der Waals surface area contributed by atoms with Gasteiger partial charge in [-0.15, -0.1) is 0 Å². The number of hydrogen-bond donors (Lipinski definition) is 2. The van der Waals surface area contributed by atoms with Gasteiger partial charge in [-0.1, -0.05) is 29.8 Å². The lowest BCUT2D eigenvalue weighted by molar-refractivity contribution is -0.136. The molecule has 1 saturated heterocycles. The third kappa shape index (κ3) is 5.71. The van der Waals surface area contributed by atoms with Gasteiger partial charge in [-0.25, -0.2) is 0 Å². The highest BCUT2D eigenvalue weighted by Gasteiger charge is 2.27. The van der Waals surface area contributed by atoms with Crippen LogP contribution in [0.4, 0.5) is 11.4 Å². The van der Waals surface area contributed by atoms with E-state index in [9.17, 15) is 9.59 Å². The summed E-state index contributed by atoms with van der Waals surface area (Å²) in [5, 5.41) is 6.08. The Labute approximate surface area is 207 Å². The summed E-state index contributed by atoms with van der Waals surface area (Å²) in [4.78, 5) is 32.3. The van der Waals surface area contributed by atoms with E-state index in [4.69, 9.17) is 11.6 Å². The molecule has 2 heterocycles. The Bertz CT molecular complexity index is 1050. The normalized spacial score (nSPS) is 17.7. The smallest absolute Gasteiger partial charge is 0.313 e. The Kier molecular flexibility index (Phi) is 7.76. The highest BCUT2D eigenvalue weighted by Crippen LogP contribution is 2.31. The van der Waals surface area contributed by atoms with Gasteiger partial charge in [0.1, 0.15) is 0 Å². The van der Waals surface area contributed by atoms with E-state index in [1.165, 1.54) is 16.8 Å². The van der Waals surface area contributed by atoms with Crippen LogP contribution in [0.15, 0.2) is 36.4 Å². The van der Waals surface area contributed by atoms with Crippen molar-refractivity contribution in [3.63, 3.8) is 0 Å². The van der Waals surface area contributed by atoms with Gasteiger partial charge in [0.05, 0.1) is 6.04 Å². The standard InChI is InChI=1S/C26H34ClN5O2/c1-18-6-8-21(27)16-22(18)29-26(34)25(33)28-17-24(32-13-11-30(2)12-14-32)20-7-9-23-19(15-20)5-4-10-31(23)3/h6-9,15-16,24H,4-5,10-14,17H2,1-3H3,(H,28,33)(H,29,34)/t24-/m0/s1. The van der Waals surface area contributed by atoms with Crippen LogP contribution in [0.1, 0.15) is 29.2 Å². The van der Waals surface area contributed by atoms with Crippen molar-refractivity contribution < 1.29 is 9.59 Å². The Morgan fingerprint density at radius 1 is 1.00 bits per heavy atom. The number of nitrogens with zero attached hydrogens (tertiary/aromatic N) is 3. The van der Waals surface area contributed by atoms with Gasteiger partial charge < -0.3 is 20.4 Å². The lowest BCUT2D eigenvalue weighted by Gasteiger charge is -2.39. The molecule has 0 radical (unpaired) electrons. The number of rotatable bonds is 5. The van der Waals surface area contributed by atoms with E-state index in [2.05, 4.69) is 57.6 Å². The summed E-state index contributed by atoms with van der Waals surface area (Å²) < 4.78 is 0. The van der Waals surface area contributed by atoms with Crippen LogP contribution in [-0.2, 0) is 16.0 Å². The largest absolute Gasteiger partial charge is 0.374 e. The maximum atomic E-state index is 12.7. The number of benzene rings is 2. The van der Waals surface area contributed by atoms with Crippen LogP contribution < -0.4 is 15.5 Å². The molecule has 8 heteroatoms. The van der Waals surface area contributed by atoms with Gasteiger partial charge in [-0.2, -0.15) is 0 Å². The van der Waals surface area contributed by atoms with Crippen molar-refractivity contribution in [3.8, 4) is 0 Å². The number of halogens is 1. The molecule has 7 nitrogen and oxygen atoms in total. The van der Waals surface area contributed by atoms with Crippen molar-refractivity contribution >= 4 is 34.8 Å². The first-order valence-electron chi connectivity index (χ1n) is 11.9. The summed E-state index contributed by atoms with van der Waals surface area (Å²) in [6.07, 6.45) is 2.21. The second-order valence-electron chi connectivity index (χ2n) is 9.39. The number of anilines is 2. The topological polar surface area (TPSA) is 67.9 Å². The molecule has 0 saturated carbocycles. The molecule has 0 aliphatic carbocycles. The van der Waals surface area contributed by atoms with Crippen molar-refractivity contribution in [1.29, 1.82) is 0 Å². The quantitative estimate of drug-likeness (QED) is 0.640. The summed E-state index contributed by atoms with van der Waals surface area (Å²) in [6, 6.07) is 11.9. The van der Waals surface area contributed by atoms with Crippen molar-refractivity contribution in [3.05, 3.63) is 58.1 Å². The van der Waals surface area contributed by atoms with Gasteiger partial charge in [0.2, 0.25) is 0 Å². The second-order valence-corrected chi connectivity index (χ2v) is 9.83. The number of carbonyl (C=O) groups is 2. The molecule has 2 aromatic carbocycles. The number of aryl methyl sites for hydroxylation is 2. The van der Waals surface area contributed by atoms with Crippen molar-refractivity contribution in [2.75, 3.05) is 63.6 Å². The minimum absolute atomic E-state index is 0.0101. The number of amides is 2. The molecule has 1 atom stereocenters. The van der Waals surface area contributed by atoms with E-state index in [-0.39, 0.29) is 6.04 Å². The summed E-state index contributed by atoms with van der Waals surface area (Å²) in [5.41, 5.74) is 5.21. The molecular weight excluding hydrogens is 450 g/mol. The number of likely N-dealkylation sites (N-methyl/N-ethyl adjacent to an activating group) is 1. The first-order valence-corrected chi connectivity index (χ1v) is 12.3. The fourth-order valence-corrected chi connectivity index (χ4v) is 4.95. The fourth-order valence-electron chi connectivity index (χ4n) is 4.78. The van der Waals surface area contributed by atoms with Crippen LogP contribution in [0.25, 0.3) is 0 Å².